The zero-order chi connectivity index (χ0) is 16.3. The van der Waals surface area contributed by atoms with Crippen LogP contribution in [0.25, 0.3) is 0 Å². The van der Waals surface area contributed by atoms with Crippen molar-refractivity contribution in [2.45, 2.75) is 38.6 Å². The topological polar surface area (TPSA) is 145 Å². The Morgan fingerprint density at radius 2 is 1.67 bits per heavy atom. The lowest BCUT2D eigenvalue weighted by Crippen LogP contribution is -2.46. The van der Waals surface area contributed by atoms with Crippen molar-refractivity contribution in [2.24, 2.45) is 0 Å². The van der Waals surface area contributed by atoms with Crippen LogP contribution in [0, 0.1) is 0 Å². The zero-order valence-electron chi connectivity index (χ0n) is 11.8. The molecule has 21 heavy (non-hydrogen) atoms. The van der Waals surface area contributed by atoms with Gasteiger partial charge in [-0.25, -0.2) is 9.59 Å². The van der Waals surface area contributed by atoms with Crippen molar-refractivity contribution >= 4 is 23.9 Å². The summed E-state index contributed by atoms with van der Waals surface area (Å²) in [5.74, 6) is -2.67. The fourth-order valence-corrected chi connectivity index (χ4v) is 1.38. The minimum absolute atomic E-state index is 0.0622. The molecule has 1 atom stereocenters. The molecule has 120 valence electrons. The molecule has 0 aliphatic carbocycles. The molecule has 0 aromatic heterocycles. The zero-order valence-corrected chi connectivity index (χ0v) is 11.8. The van der Waals surface area contributed by atoms with Gasteiger partial charge in [-0.3, -0.25) is 9.59 Å². The van der Waals surface area contributed by atoms with Gasteiger partial charge >= 0.3 is 18.0 Å². The number of hydrogen-bond donors (Lipinski definition) is 5. The summed E-state index contributed by atoms with van der Waals surface area (Å²) in [6.45, 7) is 2.53. The summed E-state index contributed by atoms with van der Waals surface area (Å²) in [4.78, 5) is 43.9. The average Bonchev–Trinajstić information content (AvgIpc) is 2.40. The largest absolute Gasteiger partial charge is 0.481 e. The number of carbonyl (C=O) groups is 4. The third-order valence-electron chi connectivity index (χ3n) is 2.46. The molecule has 0 aliphatic heterocycles. The van der Waals surface area contributed by atoms with E-state index in [1.807, 2.05) is 6.92 Å². The van der Waals surface area contributed by atoms with Crippen molar-refractivity contribution in [2.75, 3.05) is 13.1 Å². The molecule has 9 heteroatoms. The molecule has 0 rings (SSSR count). The van der Waals surface area contributed by atoms with E-state index in [-0.39, 0.29) is 31.7 Å². The normalized spacial score (nSPS) is 11.3. The number of nitrogens with one attached hydrogen (secondary N) is 3. The van der Waals surface area contributed by atoms with E-state index in [0.29, 0.717) is 6.54 Å². The lowest BCUT2D eigenvalue weighted by molar-refractivity contribution is -0.140. The molecule has 0 radical (unpaired) electrons. The monoisotopic (exact) mass is 303 g/mol. The van der Waals surface area contributed by atoms with E-state index in [0.717, 1.165) is 6.42 Å². The van der Waals surface area contributed by atoms with Crippen LogP contribution in [0.15, 0.2) is 0 Å². The van der Waals surface area contributed by atoms with E-state index >= 15 is 0 Å². The highest BCUT2D eigenvalue weighted by Crippen LogP contribution is 1.98. The van der Waals surface area contributed by atoms with Gasteiger partial charge in [-0.1, -0.05) is 6.92 Å². The fraction of sp³-hybridized carbons (Fsp3) is 0.667. The van der Waals surface area contributed by atoms with E-state index in [9.17, 15) is 19.2 Å². The summed E-state index contributed by atoms with van der Waals surface area (Å²) in [5, 5.41) is 24.4. The van der Waals surface area contributed by atoms with Gasteiger partial charge in [-0.2, -0.15) is 0 Å². The van der Waals surface area contributed by atoms with Gasteiger partial charge in [0, 0.05) is 25.9 Å². The van der Waals surface area contributed by atoms with Gasteiger partial charge in [0.25, 0.3) is 0 Å². The highest BCUT2D eigenvalue weighted by atomic mass is 16.4. The third-order valence-corrected chi connectivity index (χ3v) is 2.46. The Hall–Kier alpha value is -2.32. The fourth-order valence-electron chi connectivity index (χ4n) is 1.38. The molecule has 0 saturated carbocycles. The maximum absolute atomic E-state index is 11.4. The van der Waals surface area contributed by atoms with E-state index in [1.54, 1.807) is 0 Å². The molecule has 9 nitrogen and oxygen atoms in total. The van der Waals surface area contributed by atoms with Crippen molar-refractivity contribution in [3.05, 3.63) is 0 Å². The maximum atomic E-state index is 11.4. The predicted octanol–water partition coefficient (Wildman–Crippen LogP) is -0.480. The molecule has 0 spiro atoms. The number of urea groups is 1. The molecule has 3 amide bonds. The first-order valence-electron chi connectivity index (χ1n) is 6.62. The van der Waals surface area contributed by atoms with Crippen LogP contribution < -0.4 is 16.0 Å². The second-order valence-corrected chi connectivity index (χ2v) is 4.32. The van der Waals surface area contributed by atoms with Crippen molar-refractivity contribution < 1.29 is 29.4 Å². The molecule has 0 aliphatic rings. The van der Waals surface area contributed by atoms with Gasteiger partial charge in [-0.05, 0) is 12.8 Å². The molecule has 1 unspecified atom stereocenters. The number of carbonyl (C=O) groups excluding carboxylic acids is 2. The van der Waals surface area contributed by atoms with Gasteiger partial charge < -0.3 is 26.2 Å². The van der Waals surface area contributed by atoms with Crippen molar-refractivity contribution in [3.63, 3.8) is 0 Å². The predicted molar refractivity (Wildman–Crippen MR) is 72.7 cm³/mol. The molecule has 0 aromatic carbocycles. The molecular formula is C12H21N3O6. The quantitative estimate of drug-likeness (QED) is 0.368. The first kappa shape index (κ1) is 18.7. The first-order chi connectivity index (χ1) is 9.86. The van der Waals surface area contributed by atoms with Gasteiger partial charge in [0.05, 0.1) is 0 Å². The third kappa shape index (κ3) is 10.2. The Bertz CT molecular complexity index is 385. The minimum Gasteiger partial charge on any atom is -0.481 e. The number of amides is 3. The van der Waals surface area contributed by atoms with Crippen molar-refractivity contribution in [1.29, 1.82) is 0 Å². The molecular weight excluding hydrogens is 282 g/mol. The van der Waals surface area contributed by atoms with Crippen molar-refractivity contribution in [1.82, 2.24) is 16.0 Å². The molecule has 5 N–H and O–H groups in total. The Labute approximate surface area is 122 Å². The second-order valence-electron chi connectivity index (χ2n) is 4.32. The number of carboxylic acids is 2. The number of aliphatic carboxylic acids is 2. The summed E-state index contributed by atoms with van der Waals surface area (Å²) in [7, 11) is 0. The van der Waals surface area contributed by atoms with E-state index in [4.69, 9.17) is 10.2 Å². The second kappa shape index (κ2) is 10.5. The van der Waals surface area contributed by atoms with E-state index in [1.165, 1.54) is 0 Å². The van der Waals surface area contributed by atoms with Crippen LogP contribution >= 0.6 is 0 Å². The van der Waals surface area contributed by atoms with Crippen LogP contribution in [0.2, 0.25) is 0 Å². The smallest absolute Gasteiger partial charge is 0.326 e. The lowest BCUT2D eigenvalue weighted by Gasteiger charge is -2.14. The molecule has 0 saturated heterocycles. The Morgan fingerprint density at radius 1 is 1.00 bits per heavy atom. The summed E-state index contributed by atoms with van der Waals surface area (Å²) >= 11 is 0. The number of carboxylic acid groups (broad SMARTS) is 2. The van der Waals surface area contributed by atoms with Gasteiger partial charge in [0.15, 0.2) is 0 Å². The molecule has 0 fully saturated rings. The van der Waals surface area contributed by atoms with Crippen LogP contribution in [0.3, 0.4) is 0 Å². The van der Waals surface area contributed by atoms with Crippen LogP contribution in [0.5, 0.6) is 0 Å². The summed E-state index contributed by atoms with van der Waals surface area (Å²) < 4.78 is 0. The number of rotatable bonds is 10. The first-order valence-corrected chi connectivity index (χ1v) is 6.62. The standard InChI is InChI=1S/C12H21N3O6/c1-2-6-13-9(16)5-7-14-12(21)15-8(11(19)20)3-4-10(17)18/h8H,2-7H2,1H3,(H,13,16)(H,17,18)(H,19,20)(H2,14,15,21). The molecule has 0 heterocycles. The summed E-state index contributed by atoms with van der Waals surface area (Å²) in [5.41, 5.74) is 0. The van der Waals surface area contributed by atoms with Gasteiger partial charge in [-0.15, -0.1) is 0 Å². The Balaban J connectivity index is 4.00. The Kier molecular flexibility index (Phi) is 9.31. The molecule has 0 aromatic rings. The number of hydrogen-bond acceptors (Lipinski definition) is 4. The van der Waals surface area contributed by atoms with Crippen LogP contribution in [-0.4, -0.2) is 53.2 Å². The van der Waals surface area contributed by atoms with Crippen LogP contribution in [0.1, 0.15) is 32.6 Å². The lowest BCUT2D eigenvalue weighted by atomic mass is 10.1. The average molecular weight is 303 g/mol. The molecule has 0 bridgehead atoms. The van der Waals surface area contributed by atoms with Crippen molar-refractivity contribution in [3.8, 4) is 0 Å². The summed E-state index contributed by atoms with van der Waals surface area (Å²) in [6.07, 6.45) is 0.315. The highest BCUT2D eigenvalue weighted by molar-refractivity contribution is 5.83. The Morgan fingerprint density at radius 3 is 2.19 bits per heavy atom. The van der Waals surface area contributed by atoms with Crippen LogP contribution in [0.4, 0.5) is 4.79 Å². The van der Waals surface area contributed by atoms with E-state index in [2.05, 4.69) is 16.0 Å². The van der Waals surface area contributed by atoms with E-state index < -0.39 is 24.0 Å². The van der Waals surface area contributed by atoms with Gasteiger partial charge in [0.2, 0.25) is 5.91 Å². The maximum Gasteiger partial charge on any atom is 0.326 e. The minimum atomic E-state index is -1.31. The van der Waals surface area contributed by atoms with Gasteiger partial charge in [0.1, 0.15) is 6.04 Å². The SMILES string of the molecule is CCCNC(=O)CCNC(=O)NC(CCC(=O)O)C(=O)O. The summed E-state index contributed by atoms with van der Waals surface area (Å²) in [6, 6.07) is -2.04. The van der Waals surface area contributed by atoms with Crippen LogP contribution in [-0.2, 0) is 14.4 Å². The highest BCUT2D eigenvalue weighted by Gasteiger charge is 2.20.